The Morgan fingerprint density at radius 1 is 1.21 bits per heavy atom. The molecule has 2 aliphatic rings. The van der Waals surface area contributed by atoms with Gasteiger partial charge in [0.2, 0.25) is 0 Å². The number of hydrogen-bond acceptors (Lipinski definition) is 3. The molecule has 1 aliphatic carbocycles. The second kappa shape index (κ2) is 5.22. The van der Waals surface area contributed by atoms with Crippen molar-refractivity contribution in [2.24, 2.45) is 17.1 Å². The highest BCUT2D eigenvalue weighted by atomic mass is 19.4. The molecule has 2 rings (SSSR count). The Morgan fingerprint density at radius 3 is 2.26 bits per heavy atom. The summed E-state index contributed by atoms with van der Waals surface area (Å²) < 4.78 is 43.5. The second-order valence-electron chi connectivity index (χ2n) is 5.99. The van der Waals surface area contributed by atoms with Crippen LogP contribution >= 0.6 is 0 Å². The van der Waals surface area contributed by atoms with Crippen molar-refractivity contribution >= 4 is 0 Å². The summed E-state index contributed by atoms with van der Waals surface area (Å²) in [4.78, 5) is 0. The summed E-state index contributed by atoms with van der Waals surface area (Å²) in [6, 6.07) is 0. The lowest BCUT2D eigenvalue weighted by Gasteiger charge is -2.51. The van der Waals surface area contributed by atoms with E-state index in [4.69, 9.17) is 10.5 Å². The highest BCUT2D eigenvalue weighted by Crippen LogP contribution is 2.50. The zero-order valence-electron chi connectivity index (χ0n) is 11.0. The van der Waals surface area contributed by atoms with Gasteiger partial charge in [0.05, 0.1) is 18.1 Å². The van der Waals surface area contributed by atoms with Crippen LogP contribution in [0.2, 0.25) is 0 Å². The van der Waals surface area contributed by atoms with E-state index in [-0.39, 0.29) is 32.2 Å². The van der Waals surface area contributed by atoms with E-state index in [1.54, 1.807) is 0 Å². The molecule has 1 heterocycles. The molecule has 0 amide bonds. The molecule has 1 saturated carbocycles. The largest absolute Gasteiger partial charge is 0.391 e. The Labute approximate surface area is 111 Å². The highest BCUT2D eigenvalue weighted by molar-refractivity contribution is 5.03. The van der Waals surface area contributed by atoms with E-state index in [1.165, 1.54) is 0 Å². The normalized spacial score (nSPS) is 41.2. The third kappa shape index (κ3) is 2.76. The molecule has 3 N–H and O–H groups in total. The van der Waals surface area contributed by atoms with Gasteiger partial charge in [-0.25, -0.2) is 0 Å². The first kappa shape index (κ1) is 15.1. The first-order valence-corrected chi connectivity index (χ1v) is 6.90. The zero-order chi connectivity index (χ0) is 14.1. The van der Waals surface area contributed by atoms with Gasteiger partial charge in [-0.15, -0.1) is 0 Å². The van der Waals surface area contributed by atoms with Crippen molar-refractivity contribution in [3.8, 4) is 0 Å². The molecule has 0 aromatic heterocycles. The van der Waals surface area contributed by atoms with Crippen LogP contribution in [-0.4, -0.2) is 36.6 Å². The summed E-state index contributed by atoms with van der Waals surface area (Å²) in [6.45, 7) is 1.26. The van der Waals surface area contributed by atoms with Crippen molar-refractivity contribution in [3.05, 3.63) is 0 Å². The lowest BCUT2D eigenvalue weighted by Crippen LogP contribution is -2.58. The SMILES string of the molecule is NCC1(C2(O)CCC(C(F)(F)F)CC2)CCCOC1. The van der Waals surface area contributed by atoms with Crippen molar-refractivity contribution in [2.75, 3.05) is 19.8 Å². The average molecular weight is 281 g/mol. The molecule has 19 heavy (non-hydrogen) atoms. The molecule has 1 saturated heterocycles. The highest BCUT2D eigenvalue weighted by Gasteiger charge is 2.54. The first-order valence-electron chi connectivity index (χ1n) is 6.90. The number of halogens is 3. The van der Waals surface area contributed by atoms with E-state index < -0.39 is 23.1 Å². The molecule has 2 fully saturated rings. The Kier molecular flexibility index (Phi) is 4.14. The summed E-state index contributed by atoms with van der Waals surface area (Å²) in [5, 5.41) is 10.8. The Balaban J connectivity index is 2.08. The summed E-state index contributed by atoms with van der Waals surface area (Å²) in [5.41, 5.74) is 4.14. The number of rotatable bonds is 2. The monoisotopic (exact) mass is 281 g/mol. The number of nitrogens with two attached hydrogens (primary N) is 1. The summed E-state index contributed by atoms with van der Waals surface area (Å²) in [6.07, 6.45) is -2.31. The molecule has 0 radical (unpaired) electrons. The van der Waals surface area contributed by atoms with E-state index in [0.29, 0.717) is 13.2 Å². The third-order valence-corrected chi connectivity index (χ3v) is 4.98. The van der Waals surface area contributed by atoms with Gasteiger partial charge in [-0.2, -0.15) is 13.2 Å². The molecule has 1 unspecified atom stereocenters. The average Bonchev–Trinajstić information content (AvgIpc) is 2.39. The van der Waals surface area contributed by atoms with Crippen LogP contribution in [0, 0.1) is 11.3 Å². The molecule has 0 bridgehead atoms. The minimum atomic E-state index is -4.15. The Bertz CT molecular complexity index is 306. The molecule has 1 aliphatic heterocycles. The summed E-state index contributed by atoms with van der Waals surface area (Å²) in [5.74, 6) is -1.29. The molecule has 6 heteroatoms. The van der Waals surface area contributed by atoms with Gasteiger partial charge >= 0.3 is 6.18 Å². The van der Waals surface area contributed by atoms with Gasteiger partial charge < -0.3 is 15.6 Å². The van der Waals surface area contributed by atoms with Gasteiger partial charge in [-0.3, -0.25) is 0 Å². The number of hydrogen-bond donors (Lipinski definition) is 2. The van der Waals surface area contributed by atoms with Crippen LogP contribution in [0.5, 0.6) is 0 Å². The molecule has 0 aromatic carbocycles. The second-order valence-corrected chi connectivity index (χ2v) is 5.99. The molecule has 112 valence electrons. The van der Waals surface area contributed by atoms with Crippen LogP contribution in [0.4, 0.5) is 13.2 Å². The van der Waals surface area contributed by atoms with Crippen molar-refractivity contribution in [1.82, 2.24) is 0 Å². The maximum atomic E-state index is 12.7. The topological polar surface area (TPSA) is 55.5 Å². The fourth-order valence-corrected chi connectivity index (χ4v) is 3.52. The van der Waals surface area contributed by atoms with Crippen LogP contribution in [0.3, 0.4) is 0 Å². The maximum Gasteiger partial charge on any atom is 0.391 e. The fourth-order valence-electron chi connectivity index (χ4n) is 3.52. The zero-order valence-corrected chi connectivity index (χ0v) is 11.0. The van der Waals surface area contributed by atoms with Gasteiger partial charge in [-0.1, -0.05) is 0 Å². The van der Waals surface area contributed by atoms with E-state index in [9.17, 15) is 18.3 Å². The van der Waals surface area contributed by atoms with Crippen molar-refractivity contribution < 1.29 is 23.0 Å². The van der Waals surface area contributed by atoms with Gasteiger partial charge in [-0.05, 0) is 38.5 Å². The van der Waals surface area contributed by atoms with E-state index in [0.717, 1.165) is 12.8 Å². The van der Waals surface area contributed by atoms with Crippen LogP contribution < -0.4 is 5.73 Å². The molecular formula is C13H22F3NO2. The third-order valence-electron chi connectivity index (χ3n) is 4.98. The minimum Gasteiger partial charge on any atom is -0.389 e. The Morgan fingerprint density at radius 2 is 1.84 bits per heavy atom. The smallest absolute Gasteiger partial charge is 0.389 e. The lowest BCUT2D eigenvalue weighted by atomic mass is 9.61. The van der Waals surface area contributed by atoms with Crippen molar-refractivity contribution in [3.63, 3.8) is 0 Å². The van der Waals surface area contributed by atoms with Crippen LogP contribution in [0.1, 0.15) is 38.5 Å². The van der Waals surface area contributed by atoms with Gasteiger partial charge in [0.1, 0.15) is 0 Å². The number of ether oxygens (including phenoxy) is 1. The molecule has 0 aromatic rings. The number of alkyl halides is 3. The fraction of sp³-hybridized carbons (Fsp3) is 1.00. The van der Waals surface area contributed by atoms with Gasteiger partial charge in [0.15, 0.2) is 0 Å². The van der Waals surface area contributed by atoms with E-state index in [1.807, 2.05) is 0 Å². The predicted octanol–water partition coefficient (Wildman–Crippen LogP) is 2.23. The lowest BCUT2D eigenvalue weighted by molar-refractivity contribution is -0.213. The molecule has 0 spiro atoms. The van der Waals surface area contributed by atoms with Crippen molar-refractivity contribution in [1.29, 1.82) is 0 Å². The van der Waals surface area contributed by atoms with Gasteiger partial charge in [0.25, 0.3) is 0 Å². The van der Waals surface area contributed by atoms with Gasteiger partial charge in [0, 0.05) is 18.6 Å². The first-order chi connectivity index (χ1) is 8.83. The quantitative estimate of drug-likeness (QED) is 0.816. The standard InChI is InChI=1S/C13H22F3NO2/c14-13(15,16)10-2-5-12(18,6-3-10)11(8-17)4-1-7-19-9-11/h10,18H,1-9,17H2. The summed E-state index contributed by atoms with van der Waals surface area (Å²) in [7, 11) is 0. The predicted molar refractivity (Wildman–Crippen MR) is 64.5 cm³/mol. The molecular weight excluding hydrogens is 259 g/mol. The van der Waals surface area contributed by atoms with E-state index >= 15 is 0 Å². The number of aliphatic hydroxyl groups is 1. The molecule has 3 nitrogen and oxygen atoms in total. The minimum absolute atomic E-state index is 0.0122. The van der Waals surface area contributed by atoms with Crippen LogP contribution in [0.25, 0.3) is 0 Å². The maximum absolute atomic E-state index is 12.7. The Hall–Kier alpha value is -0.330. The van der Waals surface area contributed by atoms with Crippen molar-refractivity contribution in [2.45, 2.75) is 50.3 Å². The van der Waals surface area contributed by atoms with Crippen LogP contribution in [-0.2, 0) is 4.74 Å². The summed E-state index contributed by atoms with van der Waals surface area (Å²) >= 11 is 0. The van der Waals surface area contributed by atoms with E-state index in [2.05, 4.69) is 0 Å². The molecule has 1 atom stereocenters. The van der Waals surface area contributed by atoms with Crippen LogP contribution in [0.15, 0.2) is 0 Å².